The number of aromatic nitrogens is 1. The van der Waals surface area contributed by atoms with E-state index in [-0.39, 0.29) is 5.92 Å². The van der Waals surface area contributed by atoms with Gasteiger partial charge in [-0.3, -0.25) is 4.98 Å². The highest BCUT2D eigenvalue weighted by atomic mass is 16.5. The first-order valence-corrected chi connectivity index (χ1v) is 8.63. The summed E-state index contributed by atoms with van der Waals surface area (Å²) in [6, 6.07) is 22.6. The van der Waals surface area contributed by atoms with Crippen molar-refractivity contribution in [3.8, 4) is 5.75 Å². The molecule has 1 heterocycles. The summed E-state index contributed by atoms with van der Waals surface area (Å²) in [6.45, 7) is 3.24. The number of aryl methyl sites for hydroxylation is 1. The van der Waals surface area contributed by atoms with Gasteiger partial charge in [0.1, 0.15) is 12.4 Å². The fourth-order valence-corrected chi connectivity index (χ4v) is 2.82. The molecule has 3 aromatic rings. The van der Waals surface area contributed by atoms with E-state index in [1.807, 2.05) is 36.5 Å². The predicted molar refractivity (Wildman–Crippen MR) is 102 cm³/mol. The molecule has 0 radical (unpaired) electrons. The van der Waals surface area contributed by atoms with Gasteiger partial charge in [-0.2, -0.15) is 0 Å². The Morgan fingerprint density at radius 2 is 1.80 bits per heavy atom. The van der Waals surface area contributed by atoms with Crippen LogP contribution in [0.1, 0.15) is 28.3 Å². The fourth-order valence-electron chi connectivity index (χ4n) is 2.82. The number of benzene rings is 2. The molecule has 1 aromatic heterocycles. The van der Waals surface area contributed by atoms with Gasteiger partial charge in [0.25, 0.3) is 0 Å². The maximum Gasteiger partial charge on any atom is 0.120 e. The monoisotopic (exact) mass is 332 g/mol. The largest absolute Gasteiger partial charge is 0.489 e. The molecule has 0 aliphatic heterocycles. The molecule has 0 fully saturated rings. The number of pyridine rings is 1. The molecule has 0 amide bonds. The zero-order chi connectivity index (χ0) is 17.5. The summed E-state index contributed by atoms with van der Waals surface area (Å²) >= 11 is 0. The highest BCUT2D eigenvalue weighted by molar-refractivity contribution is 5.31. The van der Waals surface area contributed by atoms with Crippen LogP contribution >= 0.6 is 0 Å². The van der Waals surface area contributed by atoms with E-state index in [1.165, 1.54) is 16.7 Å². The van der Waals surface area contributed by atoms with Gasteiger partial charge in [0.2, 0.25) is 0 Å². The SMILES string of the molecule is Cc1ccc(COc2cccc(CC(CN)c3ccccn3)c2)cc1. The van der Waals surface area contributed by atoms with Crippen LogP contribution in [0, 0.1) is 6.92 Å². The topological polar surface area (TPSA) is 48.1 Å². The van der Waals surface area contributed by atoms with E-state index in [4.69, 9.17) is 10.5 Å². The van der Waals surface area contributed by atoms with Gasteiger partial charge in [-0.25, -0.2) is 0 Å². The number of ether oxygens (including phenoxy) is 1. The molecule has 25 heavy (non-hydrogen) atoms. The quantitative estimate of drug-likeness (QED) is 0.703. The van der Waals surface area contributed by atoms with Gasteiger partial charge >= 0.3 is 0 Å². The van der Waals surface area contributed by atoms with Gasteiger partial charge in [-0.05, 0) is 48.7 Å². The molecule has 0 aliphatic rings. The number of hydrogen-bond donors (Lipinski definition) is 1. The average molecular weight is 332 g/mol. The third-order valence-electron chi connectivity index (χ3n) is 4.30. The number of nitrogens with two attached hydrogens (primary N) is 1. The van der Waals surface area contributed by atoms with Gasteiger partial charge in [-0.1, -0.05) is 48.0 Å². The van der Waals surface area contributed by atoms with Gasteiger partial charge in [0.15, 0.2) is 0 Å². The van der Waals surface area contributed by atoms with Crippen LogP contribution in [-0.4, -0.2) is 11.5 Å². The van der Waals surface area contributed by atoms with Crippen molar-refractivity contribution in [1.82, 2.24) is 4.98 Å². The highest BCUT2D eigenvalue weighted by Gasteiger charge is 2.12. The molecule has 1 atom stereocenters. The van der Waals surface area contributed by atoms with E-state index in [1.54, 1.807) is 0 Å². The number of hydrogen-bond acceptors (Lipinski definition) is 3. The molecule has 1 unspecified atom stereocenters. The van der Waals surface area contributed by atoms with Crippen LogP contribution < -0.4 is 10.5 Å². The Bertz CT molecular complexity index is 785. The molecule has 0 spiro atoms. The van der Waals surface area contributed by atoms with Crippen LogP contribution in [-0.2, 0) is 13.0 Å². The maximum atomic E-state index is 5.97. The summed E-state index contributed by atoms with van der Waals surface area (Å²) in [5, 5.41) is 0. The summed E-state index contributed by atoms with van der Waals surface area (Å²) < 4.78 is 5.95. The van der Waals surface area contributed by atoms with Crippen LogP contribution in [0.25, 0.3) is 0 Å². The van der Waals surface area contributed by atoms with Gasteiger partial charge in [0, 0.05) is 24.4 Å². The molecule has 128 valence electrons. The van der Waals surface area contributed by atoms with E-state index < -0.39 is 0 Å². The van der Waals surface area contributed by atoms with Crippen molar-refractivity contribution in [2.45, 2.75) is 25.9 Å². The van der Waals surface area contributed by atoms with E-state index in [2.05, 4.69) is 48.3 Å². The molecule has 3 rings (SSSR count). The summed E-state index contributed by atoms with van der Waals surface area (Å²) in [4.78, 5) is 4.44. The lowest BCUT2D eigenvalue weighted by Crippen LogP contribution is -2.16. The lowest BCUT2D eigenvalue weighted by molar-refractivity contribution is 0.306. The normalized spacial score (nSPS) is 11.9. The minimum atomic E-state index is 0.216. The lowest BCUT2D eigenvalue weighted by Gasteiger charge is -2.15. The molecule has 2 N–H and O–H groups in total. The summed E-state index contributed by atoms with van der Waals surface area (Å²) in [7, 11) is 0. The average Bonchev–Trinajstić information content (AvgIpc) is 2.67. The summed E-state index contributed by atoms with van der Waals surface area (Å²) in [5.74, 6) is 1.10. The molecule has 0 saturated carbocycles. The van der Waals surface area contributed by atoms with E-state index >= 15 is 0 Å². The van der Waals surface area contributed by atoms with Crippen LogP contribution in [0.15, 0.2) is 72.9 Å². The molecule has 0 bridgehead atoms. The Morgan fingerprint density at radius 1 is 0.960 bits per heavy atom. The first kappa shape index (κ1) is 17.2. The summed E-state index contributed by atoms with van der Waals surface area (Å²) in [5.41, 5.74) is 10.6. The van der Waals surface area contributed by atoms with Crippen LogP contribution in [0.3, 0.4) is 0 Å². The van der Waals surface area contributed by atoms with Crippen molar-refractivity contribution >= 4 is 0 Å². The molecular formula is C22H24N2O. The van der Waals surface area contributed by atoms with E-state index in [0.29, 0.717) is 13.2 Å². The zero-order valence-electron chi connectivity index (χ0n) is 14.6. The lowest BCUT2D eigenvalue weighted by atomic mass is 9.95. The molecule has 0 aliphatic carbocycles. The Labute approximate surface area is 149 Å². The second-order valence-electron chi connectivity index (χ2n) is 6.31. The van der Waals surface area contributed by atoms with Crippen molar-refractivity contribution in [1.29, 1.82) is 0 Å². The smallest absolute Gasteiger partial charge is 0.120 e. The van der Waals surface area contributed by atoms with Gasteiger partial charge < -0.3 is 10.5 Å². The Balaban J connectivity index is 1.65. The fraction of sp³-hybridized carbons (Fsp3) is 0.227. The minimum absolute atomic E-state index is 0.216. The second kappa shape index (κ2) is 8.45. The van der Waals surface area contributed by atoms with Gasteiger partial charge in [0.05, 0.1) is 0 Å². The number of nitrogens with zero attached hydrogens (tertiary/aromatic N) is 1. The van der Waals surface area contributed by atoms with E-state index in [0.717, 1.165) is 17.9 Å². The minimum Gasteiger partial charge on any atom is -0.489 e. The van der Waals surface area contributed by atoms with Crippen molar-refractivity contribution in [2.24, 2.45) is 5.73 Å². The van der Waals surface area contributed by atoms with Crippen molar-refractivity contribution in [3.05, 3.63) is 95.3 Å². The van der Waals surface area contributed by atoms with Gasteiger partial charge in [-0.15, -0.1) is 0 Å². The molecule has 3 nitrogen and oxygen atoms in total. The first-order chi connectivity index (χ1) is 12.2. The predicted octanol–water partition coefficient (Wildman–Crippen LogP) is 4.25. The maximum absolute atomic E-state index is 5.97. The Hall–Kier alpha value is -2.65. The van der Waals surface area contributed by atoms with Crippen molar-refractivity contribution in [2.75, 3.05) is 6.54 Å². The Kier molecular flexibility index (Phi) is 5.81. The van der Waals surface area contributed by atoms with Crippen molar-refractivity contribution in [3.63, 3.8) is 0 Å². The Morgan fingerprint density at radius 3 is 2.52 bits per heavy atom. The van der Waals surface area contributed by atoms with Crippen LogP contribution in [0.4, 0.5) is 0 Å². The second-order valence-corrected chi connectivity index (χ2v) is 6.31. The number of rotatable bonds is 7. The molecule has 2 aromatic carbocycles. The zero-order valence-corrected chi connectivity index (χ0v) is 14.6. The summed E-state index contributed by atoms with van der Waals surface area (Å²) in [6.07, 6.45) is 2.67. The first-order valence-electron chi connectivity index (χ1n) is 8.63. The highest BCUT2D eigenvalue weighted by Crippen LogP contribution is 2.22. The van der Waals surface area contributed by atoms with E-state index in [9.17, 15) is 0 Å². The molecule has 0 saturated heterocycles. The van der Waals surface area contributed by atoms with Crippen LogP contribution in [0.2, 0.25) is 0 Å². The van der Waals surface area contributed by atoms with Crippen LogP contribution in [0.5, 0.6) is 5.75 Å². The standard InChI is InChI=1S/C22H24N2O/c1-17-8-10-18(11-9-17)16-25-21-6-4-5-19(14-21)13-20(15-23)22-7-2-3-12-24-22/h2-12,14,20H,13,15-16,23H2,1H3. The molecule has 3 heteroatoms. The van der Waals surface area contributed by atoms with Crippen molar-refractivity contribution < 1.29 is 4.74 Å². The third kappa shape index (κ3) is 4.91. The molecular weight excluding hydrogens is 308 g/mol. The third-order valence-corrected chi connectivity index (χ3v) is 4.30.